The van der Waals surface area contributed by atoms with Crippen LogP contribution in [0.4, 0.5) is 0 Å². The first kappa shape index (κ1) is 24.0. The minimum atomic E-state index is -0.114. The van der Waals surface area contributed by atoms with E-state index >= 15 is 0 Å². The van der Waals surface area contributed by atoms with Crippen LogP contribution in [0.15, 0.2) is 98.1 Å². The van der Waals surface area contributed by atoms with Gasteiger partial charge in [0.05, 0.1) is 0 Å². The highest BCUT2D eigenvalue weighted by atomic mass is 14.5. The third-order valence-electron chi connectivity index (χ3n) is 10.7. The first-order valence-corrected chi connectivity index (χ1v) is 15.0. The maximum Gasteiger partial charge on any atom is 0.0159 e. The zero-order chi connectivity index (χ0) is 28.7. The first-order valence-electron chi connectivity index (χ1n) is 15.0. The quantitative estimate of drug-likeness (QED) is 0.193. The molecule has 0 saturated heterocycles. The van der Waals surface area contributed by atoms with Gasteiger partial charge in [-0.25, -0.2) is 0 Å². The highest BCUT2D eigenvalue weighted by molar-refractivity contribution is 6.27. The normalized spacial score (nSPS) is 15.7. The minimum absolute atomic E-state index is 0.111. The lowest BCUT2D eigenvalue weighted by molar-refractivity contribution is 0.652. The van der Waals surface area contributed by atoms with Gasteiger partial charge >= 0.3 is 0 Å². The summed E-state index contributed by atoms with van der Waals surface area (Å²) in [7, 11) is 0. The van der Waals surface area contributed by atoms with E-state index < -0.39 is 0 Å². The predicted octanol–water partition coefficient (Wildman–Crippen LogP) is 11.6. The zero-order valence-corrected chi connectivity index (χ0v) is 24.7. The Hall–Kier alpha value is -4.68. The van der Waals surface area contributed by atoms with Crippen molar-refractivity contribution in [1.82, 2.24) is 0 Å². The highest BCUT2D eigenvalue weighted by Crippen LogP contribution is 2.59. The molecule has 42 heavy (non-hydrogen) atoms. The molecule has 7 aromatic carbocycles. The number of fused-ring (bicyclic) bond motifs is 9. The fourth-order valence-electron chi connectivity index (χ4n) is 8.55. The maximum atomic E-state index is 4.17. The minimum Gasteiger partial charge on any atom is -0.0984 e. The zero-order valence-electron chi connectivity index (χ0n) is 24.7. The monoisotopic (exact) mass is 536 g/mol. The average Bonchev–Trinajstić information content (AvgIpc) is 3.37. The third kappa shape index (κ3) is 2.65. The lowest BCUT2D eigenvalue weighted by atomic mass is 9.79. The lowest BCUT2D eigenvalue weighted by Gasteiger charge is -2.24. The van der Waals surface area contributed by atoms with Gasteiger partial charge in [-0.1, -0.05) is 114 Å². The van der Waals surface area contributed by atoms with E-state index in [1.807, 2.05) is 12.2 Å². The van der Waals surface area contributed by atoms with E-state index in [-0.39, 0.29) is 10.8 Å². The summed E-state index contributed by atoms with van der Waals surface area (Å²) in [5.41, 5.74) is 13.5. The number of rotatable bonds is 2. The molecule has 0 aliphatic heterocycles. The molecule has 0 spiro atoms. The molecule has 0 radical (unpaired) electrons. The van der Waals surface area contributed by atoms with E-state index in [0.29, 0.717) is 0 Å². The highest BCUT2D eigenvalue weighted by Gasteiger charge is 2.43. The van der Waals surface area contributed by atoms with Crippen LogP contribution in [-0.4, -0.2) is 0 Å². The summed E-state index contributed by atoms with van der Waals surface area (Å²) >= 11 is 0. The van der Waals surface area contributed by atoms with Gasteiger partial charge < -0.3 is 0 Å². The summed E-state index contributed by atoms with van der Waals surface area (Å²) in [6.07, 6.45) is 4.00. The van der Waals surface area contributed by atoms with Crippen molar-refractivity contribution in [1.29, 1.82) is 0 Å². The third-order valence-corrected chi connectivity index (χ3v) is 10.7. The van der Waals surface area contributed by atoms with Crippen LogP contribution in [0.25, 0.3) is 77.5 Å². The van der Waals surface area contributed by atoms with Crippen molar-refractivity contribution < 1.29 is 0 Å². The first-order chi connectivity index (χ1) is 20.3. The second kappa shape index (κ2) is 7.58. The second-order valence-electron chi connectivity index (χ2n) is 13.4. The van der Waals surface area contributed by atoms with Crippen LogP contribution in [0.1, 0.15) is 61.1 Å². The molecule has 7 aromatic rings. The van der Waals surface area contributed by atoms with Crippen molar-refractivity contribution >= 4 is 55.2 Å². The summed E-state index contributed by atoms with van der Waals surface area (Å²) in [6, 6.07) is 32.6. The van der Waals surface area contributed by atoms with Crippen molar-refractivity contribution in [2.24, 2.45) is 0 Å². The van der Waals surface area contributed by atoms with Crippen LogP contribution in [0.3, 0.4) is 0 Å². The fraction of sp³-hybridized carbons (Fsp3) is 0.143. The molecule has 0 unspecified atom stereocenters. The molecule has 9 rings (SSSR count). The largest absolute Gasteiger partial charge is 0.0984 e. The Bertz CT molecular complexity index is 2370. The molecule has 2 aliphatic rings. The van der Waals surface area contributed by atoms with E-state index in [1.54, 1.807) is 0 Å². The molecule has 0 N–H and O–H groups in total. The van der Waals surface area contributed by atoms with Gasteiger partial charge in [-0.05, 0) is 123 Å². The van der Waals surface area contributed by atoms with Crippen molar-refractivity contribution in [2.75, 3.05) is 0 Å². The molecule has 0 fully saturated rings. The Labute approximate surface area is 247 Å². The van der Waals surface area contributed by atoms with Crippen molar-refractivity contribution in [3.8, 4) is 22.3 Å². The van der Waals surface area contributed by atoms with Gasteiger partial charge in [-0.2, -0.15) is 0 Å². The second-order valence-corrected chi connectivity index (χ2v) is 13.4. The molecule has 2 aliphatic carbocycles. The SMILES string of the molecule is C=Cc1cc2c(c3ccccc13)-c1cc3c(cc1C2(C)C)-c1c(cc2ccc4c(C=C)ccc5ccc1c2c54)C3(C)C. The smallest absolute Gasteiger partial charge is 0.0159 e. The topological polar surface area (TPSA) is 0 Å². The average molecular weight is 537 g/mol. The molecule has 200 valence electrons. The van der Waals surface area contributed by atoms with Gasteiger partial charge in [-0.15, -0.1) is 0 Å². The molecule has 0 heterocycles. The number of hydrogen-bond acceptors (Lipinski definition) is 0. The van der Waals surface area contributed by atoms with E-state index in [0.717, 1.165) is 0 Å². The van der Waals surface area contributed by atoms with E-state index in [1.165, 1.54) is 98.7 Å². The van der Waals surface area contributed by atoms with Gasteiger partial charge in [0.15, 0.2) is 0 Å². The van der Waals surface area contributed by atoms with Crippen LogP contribution in [0, 0.1) is 0 Å². The predicted molar refractivity (Wildman–Crippen MR) is 183 cm³/mol. The van der Waals surface area contributed by atoms with Crippen LogP contribution >= 0.6 is 0 Å². The van der Waals surface area contributed by atoms with Crippen molar-refractivity contribution in [2.45, 2.75) is 38.5 Å². The van der Waals surface area contributed by atoms with Gasteiger partial charge in [-0.3, -0.25) is 0 Å². The van der Waals surface area contributed by atoms with E-state index in [2.05, 4.69) is 126 Å². The molecule has 0 aromatic heterocycles. The van der Waals surface area contributed by atoms with Gasteiger partial charge in [0.1, 0.15) is 0 Å². The maximum absolute atomic E-state index is 4.17. The molecular weight excluding hydrogens is 504 g/mol. The van der Waals surface area contributed by atoms with Gasteiger partial charge in [0.25, 0.3) is 0 Å². The van der Waals surface area contributed by atoms with Crippen molar-refractivity contribution in [3.63, 3.8) is 0 Å². The summed E-state index contributed by atoms with van der Waals surface area (Å²) in [6.45, 7) is 17.9. The van der Waals surface area contributed by atoms with Crippen LogP contribution in [0.5, 0.6) is 0 Å². The number of benzene rings is 7. The standard InChI is InChI=1S/C42H32/c1-7-23-13-14-25-15-18-30-38-26(16-17-28(23)37(25)38)20-36-40(30)32-22-33-31(21-34(32)42(36,5)6)39-29-12-10-9-11-27(29)24(8-2)19-35(39)41(33,3)4/h7-22H,1-2H2,3-6H3. The Kier molecular flexibility index (Phi) is 4.33. The molecule has 0 saturated carbocycles. The Balaban J connectivity index is 1.41. The van der Waals surface area contributed by atoms with Crippen molar-refractivity contribution in [3.05, 3.63) is 131 Å². The summed E-state index contributed by atoms with van der Waals surface area (Å²) in [5.74, 6) is 0. The molecule has 0 nitrogen and oxygen atoms in total. The molecule has 0 amide bonds. The lowest BCUT2D eigenvalue weighted by Crippen LogP contribution is -2.17. The molecular formula is C42H32. The van der Waals surface area contributed by atoms with E-state index in [4.69, 9.17) is 0 Å². The van der Waals surface area contributed by atoms with Crippen LogP contribution < -0.4 is 0 Å². The van der Waals surface area contributed by atoms with Gasteiger partial charge in [0, 0.05) is 10.8 Å². The molecule has 0 heteroatoms. The fourth-order valence-corrected chi connectivity index (χ4v) is 8.55. The Morgan fingerprint density at radius 3 is 1.71 bits per heavy atom. The Morgan fingerprint density at radius 2 is 1.02 bits per heavy atom. The van der Waals surface area contributed by atoms with Crippen LogP contribution in [0.2, 0.25) is 0 Å². The summed E-state index contributed by atoms with van der Waals surface area (Å²) in [5, 5.41) is 10.6. The summed E-state index contributed by atoms with van der Waals surface area (Å²) in [4.78, 5) is 0. The van der Waals surface area contributed by atoms with E-state index in [9.17, 15) is 0 Å². The molecule has 0 bridgehead atoms. The van der Waals surface area contributed by atoms with Gasteiger partial charge in [0.2, 0.25) is 0 Å². The Morgan fingerprint density at radius 1 is 0.476 bits per heavy atom. The van der Waals surface area contributed by atoms with Crippen LogP contribution in [-0.2, 0) is 10.8 Å². The molecule has 0 atom stereocenters. The number of hydrogen-bond donors (Lipinski definition) is 0. The summed E-state index contributed by atoms with van der Waals surface area (Å²) < 4.78 is 0.